The van der Waals surface area contributed by atoms with Crippen LogP contribution >= 0.6 is 0 Å². The summed E-state index contributed by atoms with van der Waals surface area (Å²) in [6, 6.07) is 0. The van der Waals surface area contributed by atoms with Crippen molar-refractivity contribution < 1.29 is 13.2 Å². The summed E-state index contributed by atoms with van der Waals surface area (Å²) >= 11 is 0. The third-order valence-electron chi connectivity index (χ3n) is 2.14. The van der Waals surface area contributed by atoms with Gasteiger partial charge in [-0.25, -0.2) is 17.9 Å². The SMILES string of the molecule is CC(=O)c1c[nH]c(=O)n(CCNS(C)(=O)=O)c1=O. The van der Waals surface area contributed by atoms with E-state index in [4.69, 9.17) is 0 Å². The highest BCUT2D eigenvalue weighted by Crippen LogP contribution is 1.87. The Morgan fingerprint density at radius 3 is 2.56 bits per heavy atom. The smallest absolute Gasteiger partial charge is 0.313 e. The second kappa shape index (κ2) is 5.27. The lowest BCUT2D eigenvalue weighted by atomic mass is 10.2. The molecule has 0 saturated carbocycles. The number of hydrogen-bond donors (Lipinski definition) is 2. The van der Waals surface area contributed by atoms with Crippen molar-refractivity contribution in [2.45, 2.75) is 13.5 Å². The maximum atomic E-state index is 11.7. The monoisotopic (exact) mass is 275 g/mol. The molecule has 0 bridgehead atoms. The van der Waals surface area contributed by atoms with Crippen LogP contribution in [0.1, 0.15) is 17.3 Å². The molecule has 2 N–H and O–H groups in total. The highest BCUT2D eigenvalue weighted by atomic mass is 32.2. The Morgan fingerprint density at radius 1 is 1.44 bits per heavy atom. The second-order valence-electron chi connectivity index (χ2n) is 3.69. The van der Waals surface area contributed by atoms with Crippen LogP contribution in [0, 0.1) is 0 Å². The molecule has 0 atom stereocenters. The number of aromatic nitrogens is 2. The molecule has 1 aromatic heterocycles. The maximum Gasteiger partial charge on any atom is 0.328 e. The fourth-order valence-corrected chi connectivity index (χ4v) is 1.77. The zero-order chi connectivity index (χ0) is 13.9. The largest absolute Gasteiger partial charge is 0.328 e. The molecule has 0 saturated heterocycles. The average molecular weight is 275 g/mol. The van der Waals surface area contributed by atoms with E-state index in [-0.39, 0.29) is 18.7 Å². The Balaban J connectivity index is 3.03. The minimum atomic E-state index is -3.39. The van der Waals surface area contributed by atoms with Crippen LogP contribution in [0.4, 0.5) is 0 Å². The van der Waals surface area contributed by atoms with E-state index in [2.05, 4.69) is 9.71 Å². The van der Waals surface area contributed by atoms with Crippen LogP contribution in [0.5, 0.6) is 0 Å². The molecule has 1 aromatic rings. The van der Waals surface area contributed by atoms with E-state index in [1.54, 1.807) is 0 Å². The number of nitrogens with zero attached hydrogens (tertiary/aromatic N) is 1. The zero-order valence-electron chi connectivity index (χ0n) is 9.89. The van der Waals surface area contributed by atoms with Gasteiger partial charge in [-0.3, -0.25) is 14.2 Å². The number of Topliss-reactive ketones (excluding diaryl/α,β-unsaturated/α-hetero) is 1. The van der Waals surface area contributed by atoms with E-state index in [1.807, 2.05) is 0 Å². The van der Waals surface area contributed by atoms with Crippen molar-refractivity contribution in [1.29, 1.82) is 0 Å². The number of H-pyrrole nitrogens is 1. The lowest BCUT2D eigenvalue weighted by molar-refractivity contribution is 0.101. The van der Waals surface area contributed by atoms with Gasteiger partial charge in [0.25, 0.3) is 5.56 Å². The zero-order valence-corrected chi connectivity index (χ0v) is 10.7. The summed E-state index contributed by atoms with van der Waals surface area (Å²) in [6.45, 7) is 0.944. The van der Waals surface area contributed by atoms with Gasteiger partial charge in [-0.2, -0.15) is 0 Å². The van der Waals surface area contributed by atoms with Gasteiger partial charge in [0.15, 0.2) is 5.78 Å². The Bertz CT molecular complexity index is 670. The Morgan fingerprint density at radius 2 is 2.06 bits per heavy atom. The van der Waals surface area contributed by atoms with E-state index in [1.165, 1.54) is 6.92 Å². The molecular weight excluding hydrogens is 262 g/mol. The van der Waals surface area contributed by atoms with Gasteiger partial charge in [-0.15, -0.1) is 0 Å². The Hall–Kier alpha value is -1.74. The topological polar surface area (TPSA) is 118 Å². The average Bonchev–Trinajstić information content (AvgIpc) is 2.20. The van der Waals surface area contributed by atoms with Gasteiger partial charge in [-0.05, 0) is 6.92 Å². The van der Waals surface area contributed by atoms with Crippen LogP contribution in [-0.4, -0.2) is 36.6 Å². The van der Waals surface area contributed by atoms with Crippen molar-refractivity contribution in [1.82, 2.24) is 14.3 Å². The number of hydrogen-bond acceptors (Lipinski definition) is 5. The summed E-state index contributed by atoms with van der Waals surface area (Å²) < 4.78 is 24.6. The first-order valence-corrected chi connectivity index (χ1v) is 6.89. The van der Waals surface area contributed by atoms with E-state index >= 15 is 0 Å². The third-order valence-corrected chi connectivity index (χ3v) is 2.87. The molecule has 0 spiro atoms. The number of aromatic amines is 1. The number of carbonyl (C=O) groups excluding carboxylic acids is 1. The quantitative estimate of drug-likeness (QED) is 0.620. The third kappa shape index (κ3) is 3.64. The van der Waals surface area contributed by atoms with Crippen molar-refractivity contribution in [2.24, 2.45) is 0 Å². The number of ketones is 1. The molecule has 18 heavy (non-hydrogen) atoms. The van der Waals surface area contributed by atoms with Crippen molar-refractivity contribution in [2.75, 3.05) is 12.8 Å². The highest BCUT2D eigenvalue weighted by Gasteiger charge is 2.11. The van der Waals surface area contributed by atoms with Gasteiger partial charge in [0, 0.05) is 19.3 Å². The fourth-order valence-electron chi connectivity index (χ4n) is 1.31. The minimum Gasteiger partial charge on any atom is -0.313 e. The molecule has 0 fully saturated rings. The molecule has 1 heterocycles. The molecule has 0 radical (unpaired) electrons. The van der Waals surface area contributed by atoms with Crippen molar-refractivity contribution in [3.8, 4) is 0 Å². The van der Waals surface area contributed by atoms with Crippen molar-refractivity contribution >= 4 is 15.8 Å². The van der Waals surface area contributed by atoms with Crippen LogP contribution in [0.3, 0.4) is 0 Å². The second-order valence-corrected chi connectivity index (χ2v) is 5.52. The predicted molar refractivity (Wildman–Crippen MR) is 64.2 cm³/mol. The highest BCUT2D eigenvalue weighted by molar-refractivity contribution is 7.88. The lowest BCUT2D eigenvalue weighted by Crippen LogP contribution is -2.40. The summed E-state index contributed by atoms with van der Waals surface area (Å²) in [4.78, 5) is 36.5. The van der Waals surface area contributed by atoms with E-state index < -0.39 is 27.1 Å². The molecule has 0 aliphatic heterocycles. The minimum absolute atomic E-state index is 0.108. The number of nitrogens with one attached hydrogen (secondary N) is 2. The molecule has 0 aliphatic carbocycles. The van der Waals surface area contributed by atoms with Gasteiger partial charge >= 0.3 is 5.69 Å². The van der Waals surface area contributed by atoms with E-state index in [0.29, 0.717) is 0 Å². The van der Waals surface area contributed by atoms with E-state index in [0.717, 1.165) is 17.0 Å². The first-order valence-electron chi connectivity index (χ1n) is 5.00. The summed E-state index contributed by atoms with van der Waals surface area (Å²) in [5.41, 5.74) is -1.57. The molecule has 0 amide bonds. The predicted octanol–water partition coefficient (Wildman–Crippen LogP) is -1.71. The lowest BCUT2D eigenvalue weighted by Gasteiger charge is -2.06. The number of sulfonamides is 1. The Kier molecular flexibility index (Phi) is 4.19. The standard InChI is InChI=1S/C9H13N3O5S/c1-6(13)7-5-10-9(15)12(8(7)14)4-3-11-18(2,16)17/h5,11H,3-4H2,1-2H3,(H,10,15). The van der Waals surface area contributed by atoms with Crippen LogP contribution in [0.25, 0.3) is 0 Å². The normalized spacial score (nSPS) is 11.4. The van der Waals surface area contributed by atoms with Crippen LogP contribution in [-0.2, 0) is 16.6 Å². The van der Waals surface area contributed by atoms with Gasteiger partial charge in [-0.1, -0.05) is 0 Å². The number of carbonyl (C=O) groups is 1. The van der Waals surface area contributed by atoms with Crippen LogP contribution in [0.2, 0.25) is 0 Å². The maximum absolute atomic E-state index is 11.7. The van der Waals surface area contributed by atoms with Crippen molar-refractivity contribution in [3.05, 3.63) is 32.6 Å². The number of rotatable bonds is 5. The summed E-state index contributed by atoms with van der Waals surface area (Å²) in [7, 11) is -3.39. The summed E-state index contributed by atoms with van der Waals surface area (Å²) in [5.74, 6) is -0.471. The first-order chi connectivity index (χ1) is 8.22. The molecule has 8 nitrogen and oxygen atoms in total. The molecule has 9 heteroatoms. The van der Waals surface area contributed by atoms with Crippen LogP contribution in [0.15, 0.2) is 15.8 Å². The fraction of sp³-hybridized carbons (Fsp3) is 0.444. The van der Waals surface area contributed by atoms with Gasteiger partial charge < -0.3 is 4.98 Å². The molecule has 0 unspecified atom stereocenters. The molecular formula is C9H13N3O5S. The Labute approximate surface area is 103 Å². The first kappa shape index (κ1) is 14.3. The van der Waals surface area contributed by atoms with Gasteiger partial charge in [0.1, 0.15) is 0 Å². The van der Waals surface area contributed by atoms with Crippen molar-refractivity contribution in [3.63, 3.8) is 0 Å². The van der Waals surface area contributed by atoms with Gasteiger partial charge in [0.05, 0.1) is 11.8 Å². The van der Waals surface area contributed by atoms with E-state index in [9.17, 15) is 22.8 Å². The molecule has 1 rings (SSSR count). The molecule has 0 aliphatic rings. The van der Waals surface area contributed by atoms with Crippen LogP contribution < -0.4 is 16.0 Å². The molecule has 0 aromatic carbocycles. The summed E-state index contributed by atoms with van der Waals surface area (Å²) in [6.07, 6.45) is 2.01. The summed E-state index contributed by atoms with van der Waals surface area (Å²) in [5, 5.41) is 0. The van der Waals surface area contributed by atoms with Gasteiger partial charge in [0.2, 0.25) is 10.0 Å². The molecule has 100 valence electrons.